The predicted molar refractivity (Wildman–Crippen MR) is 44.4 cm³/mol. The largest absolute Gasteiger partial charge is 0.278 e. The molecule has 1 aliphatic rings. The summed E-state index contributed by atoms with van der Waals surface area (Å²) in [7, 11) is 0. The molecule has 0 unspecified atom stereocenters. The summed E-state index contributed by atoms with van der Waals surface area (Å²) < 4.78 is 0. The van der Waals surface area contributed by atoms with Crippen molar-refractivity contribution in [2.45, 2.75) is 0 Å². The van der Waals surface area contributed by atoms with Gasteiger partial charge in [-0.2, -0.15) is 5.26 Å². The number of hydrogen-bond acceptors (Lipinski definition) is 3. The number of nitrogens with zero attached hydrogens (tertiary/aromatic N) is 3. The monoisotopic (exact) mass is 172 g/mol. The highest BCUT2D eigenvalue weighted by Gasteiger charge is 2.15. The van der Waals surface area contributed by atoms with E-state index in [0.29, 0.717) is 5.75 Å². The van der Waals surface area contributed by atoms with Gasteiger partial charge in [0.1, 0.15) is 9.97 Å². The number of para-hydroxylation sites is 1. The maximum absolute atomic E-state index is 8.29. The summed E-state index contributed by atoms with van der Waals surface area (Å²) in [4.78, 5) is 6.36. The molecule has 62 valence electrons. The van der Waals surface area contributed by atoms with Crippen LogP contribution in [0.1, 0.15) is 5.56 Å². The highest BCUT2D eigenvalue weighted by molar-refractivity contribution is 5.56. The molecule has 0 saturated carbocycles. The van der Waals surface area contributed by atoms with Gasteiger partial charge in [-0.25, -0.2) is 4.84 Å². The van der Waals surface area contributed by atoms with Gasteiger partial charge in [0.2, 0.25) is 5.75 Å². The van der Waals surface area contributed by atoms with E-state index in [-0.39, 0.29) is 0 Å². The molecule has 0 spiro atoms. The molecule has 0 N–H and O–H groups in total. The van der Waals surface area contributed by atoms with Crippen molar-refractivity contribution in [3.8, 4) is 11.9 Å². The summed E-state index contributed by atoms with van der Waals surface area (Å²) in [6, 6.07) is 7.53. The van der Waals surface area contributed by atoms with Gasteiger partial charge in [-0.15, -0.1) is 0 Å². The Hall–Kier alpha value is -2.15. The van der Waals surface area contributed by atoms with Gasteiger partial charge in [-0.05, 0) is 6.07 Å². The van der Waals surface area contributed by atoms with Gasteiger partial charge in [0, 0.05) is 11.6 Å². The fraction of sp³-hybridized carbons (Fsp3) is 0. The van der Waals surface area contributed by atoms with E-state index in [9.17, 15) is 0 Å². The second-order valence-corrected chi connectivity index (χ2v) is 2.45. The molecule has 13 heavy (non-hydrogen) atoms. The molecule has 4 heteroatoms. The van der Waals surface area contributed by atoms with Gasteiger partial charge in [0.05, 0.1) is 0 Å². The van der Waals surface area contributed by atoms with Gasteiger partial charge in [-0.3, -0.25) is 0 Å². The third kappa shape index (κ3) is 1.40. The summed E-state index contributed by atoms with van der Waals surface area (Å²) in [5, 5.41) is 11.7. The Labute approximate surface area is 74.9 Å². The molecule has 0 aromatic heterocycles. The average molecular weight is 172 g/mol. The molecule has 0 amide bonds. The Morgan fingerprint density at radius 1 is 1.38 bits per heavy atom. The van der Waals surface area contributed by atoms with Crippen LogP contribution in [0.4, 0.5) is 0 Å². The Bertz CT molecular complexity index is 429. The van der Waals surface area contributed by atoms with Gasteiger partial charge in [-0.1, -0.05) is 18.2 Å². The molecular weight excluding hydrogens is 166 g/mol. The molecule has 0 bridgehead atoms. The first-order chi connectivity index (χ1) is 6.40. The summed E-state index contributed by atoms with van der Waals surface area (Å²) in [6.45, 7) is 0. The van der Waals surface area contributed by atoms with Crippen LogP contribution in [-0.4, -0.2) is 4.86 Å². The van der Waals surface area contributed by atoms with Crippen LogP contribution in [0, 0.1) is 11.5 Å². The zero-order valence-corrected chi connectivity index (χ0v) is 6.71. The fourth-order valence-electron chi connectivity index (χ4n) is 1.07. The molecule has 0 atom stereocenters. The van der Waals surface area contributed by atoms with Crippen LogP contribution in [0.5, 0.6) is 5.75 Å². The van der Waals surface area contributed by atoms with Crippen LogP contribution in [-0.2, 0) is 0 Å². The normalized spacial score (nSPS) is 16.1. The summed E-state index contributed by atoms with van der Waals surface area (Å²) in [5.41, 5.74) is 0.979. The highest BCUT2D eigenvalue weighted by Crippen LogP contribution is 2.22. The van der Waals surface area contributed by atoms with Crippen molar-refractivity contribution >= 4 is 6.08 Å². The molecule has 0 aliphatic carbocycles. The Kier molecular flexibility index (Phi) is 1.77. The van der Waals surface area contributed by atoms with E-state index in [0.717, 1.165) is 10.4 Å². The minimum absolute atomic E-state index is 0.698. The first-order valence-electron chi connectivity index (χ1n) is 3.74. The van der Waals surface area contributed by atoms with E-state index < -0.39 is 0 Å². The number of fused-ring (bicyclic) bond motifs is 1. The maximum atomic E-state index is 8.29. The third-order valence-corrected chi connectivity index (χ3v) is 1.64. The molecule has 4 nitrogen and oxygen atoms in total. The fourth-order valence-corrected chi connectivity index (χ4v) is 1.07. The minimum atomic E-state index is 0.698. The van der Waals surface area contributed by atoms with E-state index in [1.807, 2.05) is 30.3 Å². The Morgan fingerprint density at radius 3 is 3.08 bits per heavy atom. The predicted octanol–water partition coefficient (Wildman–Crippen LogP) is 1.91. The maximum Gasteiger partial charge on any atom is 0.278 e. The Balaban J connectivity index is 2.41. The first-order valence-corrected chi connectivity index (χ1v) is 3.74. The van der Waals surface area contributed by atoms with Gasteiger partial charge in [0.25, 0.3) is 12.4 Å². The lowest BCUT2D eigenvalue weighted by Gasteiger charge is -2.02. The molecule has 2 rings (SSSR count). The number of hydroxylamine groups is 1. The van der Waals surface area contributed by atoms with Crippen LogP contribution >= 0.6 is 0 Å². The van der Waals surface area contributed by atoms with E-state index in [2.05, 4.69) is 5.11 Å². The van der Waals surface area contributed by atoms with Crippen molar-refractivity contribution in [1.82, 2.24) is 0 Å². The third-order valence-electron chi connectivity index (χ3n) is 1.64. The SMILES string of the molecule is N#CN=[N+]1C=Cc2ccccc2O1. The van der Waals surface area contributed by atoms with Gasteiger partial charge >= 0.3 is 0 Å². The molecule has 1 aliphatic heterocycles. The minimum Gasteiger partial charge on any atom is -0.204 e. The van der Waals surface area contributed by atoms with Crippen LogP contribution in [0.15, 0.2) is 35.6 Å². The first kappa shape index (κ1) is 7.50. The van der Waals surface area contributed by atoms with Gasteiger partial charge in [0.15, 0.2) is 0 Å². The lowest BCUT2D eigenvalue weighted by molar-refractivity contribution is -0.743. The molecule has 1 aromatic rings. The zero-order chi connectivity index (χ0) is 9.10. The molecule has 0 saturated heterocycles. The summed E-state index contributed by atoms with van der Waals surface area (Å²) >= 11 is 0. The topological polar surface area (TPSA) is 48.4 Å². The number of nitriles is 1. The van der Waals surface area contributed by atoms with Crippen molar-refractivity contribution in [3.05, 3.63) is 36.0 Å². The van der Waals surface area contributed by atoms with E-state index in [1.165, 1.54) is 0 Å². The second-order valence-electron chi connectivity index (χ2n) is 2.45. The summed E-state index contributed by atoms with van der Waals surface area (Å²) in [5.74, 6) is 0.698. The standard InChI is InChI=1S/C9H6N3O/c10-7-11-12-6-5-8-3-1-2-4-9(8)13-12/h1-6H/q+1. The highest BCUT2D eigenvalue weighted by atomic mass is 16.7. The van der Waals surface area contributed by atoms with Crippen LogP contribution in [0.25, 0.3) is 6.08 Å². The number of rotatable bonds is 0. The number of benzene rings is 1. The number of azo groups is 1. The molecule has 0 fully saturated rings. The van der Waals surface area contributed by atoms with Crippen LogP contribution in [0.3, 0.4) is 0 Å². The van der Waals surface area contributed by atoms with Crippen molar-refractivity contribution in [2.75, 3.05) is 0 Å². The molecule has 0 radical (unpaired) electrons. The van der Waals surface area contributed by atoms with E-state index >= 15 is 0 Å². The average Bonchev–Trinajstić information content (AvgIpc) is 2.18. The summed E-state index contributed by atoms with van der Waals surface area (Å²) in [6.07, 6.45) is 5.06. The van der Waals surface area contributed by atoms with Crippen molar-refractivity contribution in [3.63, 3.8) is 0 Å². The quantitative estimate of drug-likeness (QED) is 0.443. The van der Waals surface area contributed by atoms with Crippen molar-refractivity contribution in [1.29, 1.82) is 5.26 Å². The van der Waals surface area contributed by atoms with E-state index in [1.54, 1.807) is 12.4 Å². The van der Waals surface area contributed by atoms with Gasteiger partial charge < -0.3 is 0 Å². The lowest BCUT2D eigenvalue weighted by Crippen LogP contribution is -2.10. The Morgan fingerprint density at radius 2 is 2.23 bits per heavy atom. The van der Waals surface area contributed by atoms with Crippen LogP contribution in [0.2, 0.25) is 0 Å². The smallest absolute Gasteiger partial charge is 0.204 e. The van der Waals surface area contributed by atoms with Crippen molar-refractivity contribution < 1.29 is 9.70 Å². The van der Waals surface area contributed by atoms with E-state index in [4.69, 9.17) is 10.1 Å². The second kappa shape index (κ2) is 3.07. The molecular formula is C9H6N3O+. The molecule has 1 aromatic carbocycles. The zero-order valence-electron chi connectivity index (χ0n) is 6.71. The van der Waals surface area contributed by atoms with Crippen LogP contribution < -0.4 is 4.84 Å². The van der Waals surface area contributed by atoms with Crippen molar-refractivity contribution in [2.24, 2.45) is 5.11 Å². The molecule has 1 heterocycles. The number of hydrogen-bond donors (Lipinski definition) is 0. The lowest BCUT2D eigenvalue weighted by atomic mass is 10.2.